The van der Waals surface area contributed by atoms with E-state index in [0.717, 1.165) is 17.9 Å². The van der Waals surface area contributed by atoms with E-state index in [-0.39, 0.29) is 6.04 Å². The van der Waals surface area contributed by atoms with Gasteiger partial charge in [0.05, 0.1) is 0 Å². The molecule has 0 aliphatic heterocycles. The van der Waals surface area contributed by atoms with Gasteiger partial charge in [-0.2, -0.15) is 0 Å². The lowest BCUT2D eigenvalue weighted by Gasteiger charge is -2.30. The highest BCUT2D eigenvalue weighted by Crippen LogP contribution is 2.24. The van der Waals surface area contributed by atoms with E-state index in [0.29, 0.717) is 6.04 Å². The minimum atomic E-state index is 0.0288. The van der Waals surface area contributed by atoms with Crippen LogP contribution in [0.2, 0.25) is 0 Å². The maximum atomic E-state index is 6.04. The third-order valence-corrected chi connectivity index (χ3v) is 3.21. The number of unbranched alkanes of at least 4 members (excludes halogenated alkanes) is 2. The average molecular weight is 249 g/mol. The van der Waals surface area contributed by atoms with E-state index in [9.17, 15) is 0 Å². The highest BCUT2D eigenvalue weighted by molar-refractivity contribution is 5.48. The monoisotopic (exact) mass is 249 g/mol. The number of nitrogens with zero attached hydrogens (tertiary/aromatic N) is 2. The lowest BCUT2D eigenvalue weighted by molar-refractivity contribution is 0.614. The van der Waals surface area contributed by atoms with Gasteiger partial charge in [0.1, 0.15) is 5.82 Å². The van der Waals surface area contributed by atoms with Crippen molar-refractivity contribution in [1.82, 2.24) is 4.98 Å². The first-order chi connectivity index (χ1) is 8.57. The van der Waals surface area contributed by atoms with Crippen LogP contribution < -0.4 is 10.6 Å². The smallest absolute Gasteiger partial charge is 0.133 e. The van der Waals surface area contributed by atoms with Crippen LogP contribution in [0.15, 0.2) is 18.3 Å². The van der Waals surface area contributed by atoms with Crippen molar-refractivity contribution in [3.63, 3.8) is 0 Å². The van der Waals surface area contributed by atoms with E-state index in [1.54, 1.807) is 0 Å². The molecule has 1 rings (SSSR count). The summed E-state index contributed by atoms with van der Waals surface area (Å²) in [7, 11) is 0. The Bertz CT molecular complexity index is 347. The summed E-state index contributed by atoms with van der Waals surface area (Å²) in [5.74, 6) is 1.05. The third kappa shape index (κ3) is 3.98. The van der Waals surface area contributed by atoms with Gasteiger partial charge in [-0.15, -0.1) is 0 Å². The van der Waals surface area contributed by atoms with E-state index in [2.05, 4.69) is 36.7 Å². The normalized spacial score (nSPS) is 12.8. The van der Waals surface area contributed by atoms with Crippen LogP contribution in [0.3, 0.4) is 0 Å². The summed E-state index contributed by atoms with van der Waals surface area (Å²) in [6.45, 7) is 9.73. The van der Waals surface area contributed by atoms with E-state index in [1.165, 1.54) is 19.3 Å². The predicted molar refractivity (Wildman–Crippen MR) is 78.8 cm³/mol. The largest absolute Gasteiger partial charge is 0.354 e. The van der Waals surface area contributed by atoms with Gasteiger partial charge >= 0.3 is 0 Å². The fraction of sp³-hybridized carbons (Fsp3) is 0.667. The number of nitrogens with two attached hydrogens (primary N) is 1. The Hall–Kier alpha value is -1.09. The molecule has 0 spiro atoms. The molecule has 0 aliphatic carbocycles. The second-order valence-corrected chi connectivity index (χ2v) is 5.20. The first kappa shape index (κ1) is 15.0. The summed E-state index contributed by atoms with van der Waals surface area (Å²) in [5, 5.41) is 0. The van der Waals surface area contributed by atoms with Crippen molar-refractivity contribution in [1.29, 1.82) is 0 Å². The Kier molecular flexibility index (Phi) is 6.13. The van der Waals surface area contributed by atoms with Gasteiger partial charge in [0.15, 0.2) is 0 Å². The average Bonchev–Trinajstić information content (AvgIpc) is 2.34. The molecule has 0 bridgehead atoms. The van der Waals surface area contributed by atoms with Crippen molar-refractivity contribution < 1.29 is 0 Å². The highest BCUT2D eigenvalue weighted by Gasteiger charge is 2.16. The molecule has 0 unspecified atom stereocenters. The molecule has 0 radical (unpaired) electrons. The van der Waals surface area contributed by atoms with Crippen molar-refractivity contribution in [2.75, 3.05) is 11.4 Å². The molecule has 1 heterocycles. The topological polar surface area (TPSA) is 42.2 Å². The molecule has 0 fully saturated rings. The molecule has 3 heteroatoms. The van der Waals surface area contributed by atoms with Crippen LogP contribution in [-0.4, -0.2) is 17.6 Å². The maximum absolute atomic E-state index is 6.04. The molecule has 1 atom stereocenters. The second-order valence-electron chi connectivity index (χ2n) is 5.20. The third-order valence-electron chi connectivity index (χ3n) is 3.21. The van der Waals surface area contributed by atoms with E-state index in [4.69, 9.17) is 5.73 Å². The molecule has 0 saturated carbocycles. The minimum Gasteiger partial charge on any atom is -0.354 e. The van der Waals surface area contributed by atoms with Crippen molar-refractivity contribution >= 4 is 5.82 Å². The van der Waals surface area contributed by atoms with Gasteiger partial charge in [-0.05, 0) is 33.3 Å². The maximum Gasteiger partial charge on any atom is 0.133 e. The van der Waals surface area contributed by atoms with Crippen LogP contribution in [0.1, 0.15) is 58.6 Å². The van der Waals surface area contributed by atoms with E-state index in [1.807, 2.05) is 19.2 Å². The quantitative estimate of drug-likeness (QED) is 0.752. The van der Waals surface area contributed by atoms with Crippen molar-refractivity contribution in [3.8, 4) is 0 Å². The summed E-state index contributed by atoms with van der Waals surface area (Å²) in [6, 6.07) is 4.53. The molecule has 3 nitrogen and oxygen atoms in total. The van der Waals surface area contributed by atoms with Gasteiger partial charge in [0, 0.05) is 30.4 Å². The summed E-state index contributed by atoms with van der Waals surface area (Å²) >= 11 is 0. The summed E-state index contributed by atoms with van der Waals surface area (Å²) in [6.07, 6.45) is 5.58. The number of aromatic nitrogens is 1. The molecule has 0 amide bonds. The van der Waals surface area contributed by atoms with Crippen LogP contribution in [-0.2, 0) is 0 Å². The summed E-state index contributed by atoms with van der Waals surface area (Å²) in [4.78, 5) is 6.92. The Labute approximate surface area is 111 Å². The predicted octanol–water partition coefficient (Wildman–Crippen LogP) is 3.51. The van der Waals surface area contributed by atoms with Crippen LogP contribution in [0.25, 0.3) is 0 Å². The Balaban J connectivity index is 2.91. The zero-order valence-electron chi connectivity index (χ0n) is 12.2. The van der Waals surface area contributed by atoms with E-state index < -0.39 is 0 Å². The Morgan fingerprint density at radius 3 is 2.56 bits per heavy atom. The lowest BCUT2D eigenvalue weighted by Crippen LogP contribution is -2.34. The van der Waals surface area contributed by atoms with Gasteiger partial charge in [-0.3, -0.25) is 0 Å². The summed E-state index contributed by atoms with van der Waals surface area (Å²) in [5.41, 5.74) is 7.18. The standard InChI is InChI=1S/C15H27N3/c1-5-6-7-11-18(12(2)3)15-14(13(4)16)9-8-10-17-15/h8-10,12-13H,5-7,11,16H2,1-4H3/t13-/m0/s1. The fourth-order valence-electron chi connectivity index (χ4n) is 2.15. The zero-order valence-corrected chi connectivity index (χ0v) is 12.2. The van der Waals surface area contributed by atoms with Crippen LogP contribution in [0.4, 0.5) is 5.82 Å². The molecule has 2 N–H and O–H groups in total. The SMILES string of the molecule is CCCCCN(c1ncccc1[C@H](C)N)C(C)C. The highest BCUT2D eigenvalue weighted by atomic mass is 15.2. The van der Waals surface area contributed by atoms with Gasteiger partial charge in [0.2, 0.25) is 0 Å². The van der Waals surface area contributed by atoms with Gasteiger partial charge in [0.25, 0.3) is 0 Å². The van der Waals surface area contributed by atoms with Crippen LogP contribution in [0.5, 0.6) is 0 Å². The van der Waals surface area contributed by atoms with Gasteiger partial charge < -0.3 is 10.6 Å². The van der Waals surface area contributed by atoms with Gasteiger partial charge in [-0.1, -0.05) is 25.8 Å². The van der Waals surface area contributed by atoms with Crippen LogP contribution >= 0.6 is 0 Å². The minimum absolute atomic E-state index is 0.0288. The van der Waals surface area contributed by atoms with E-state index >= 15 is 0 Å². The zero-order chi connectivity index (χ0) is 13.5. The molecule has 1 aromatic rings. The molecule has 0 saturated heterocycles. The lowest BCUT2D eigenvalue weighted by atomic mass is 10.1. The Morgan fingerprint density at radius 1 is 1.28 bits per heavy atom. The number of pyridine rings is 1. The molecule has 18 heavy (non-hydrogen) atoms. The number of anilines is 1. The van der Waals surface area contributed by atoms with Crippen LogP contribution in [0, 0.1) is 0 Å². The van der Waals surface area contributed by atoms with Crippen molar-refractivity contribution in [2.24, 2.45) is 5.73 Å². The molecule has 0 aromatic carbocycles. The fourth-order valence-corrected chi connectivity index (χ4v) is 2.15. The Morgan fingerprint density at radius 2 is 2.00 bits per heavy atom. The molecular formula is C15H27N3. The number of hydrogen-bond acceptors (Lipinski definition) is 3. The van der Waals surface area contributed by atoms with Crippen molar-refractivity contribution in [3.05, 3.63) is 23.9 Å². The van der Waals surface area contributed by atoms with Gasteiger partial charge in [-0.25, -0.2) is 4.98 Å². The molecule has 1 aromatic heterocycles. The first-order valence-corrected chi connectivity index (χ1v) is 7.05. The van der Waals surface area contributed by atoms with Crippen molar-refractivity contribution in [2.45, 2.75) is 59.0 Å². The molecule has 102 valence electrons. The molecule has 0 aliphatic rings. The number of rotatable bonds is 7. The number of hydrogen-bond donors (Lipinski definition) is 1. The molecular weight excluding hydrogens is 222 g/mol. The summed E-state index contributed by atoms with van der Waals surface area (Å²) < 4.78 is 0. The second kappa shape index (κ2) is 7.37. The first-order valence-electron chi connectivity index (χ1n) is 7.05.